The molecule has 0 aliphatic heterocycles. The fourth-order valence-electron chi connectivity index (χ4n) is 2.46. The van der Waals surface area contributed by atoms with Crippen molar-refractivity contribution in [2.45, 2.75) is 25.8 Å². The van der Waals surface area contributed by atoms with Crippen LogP contribution in [0.2, 0.25) is 0 Å². The van der Waals surface area contributed by atoms with E-state index < -0.39 is 0 Å². The molecule has 0 bridgehead atoms. The van der Waals surface area contributed by atoms with Crippen LogP contribution in [0.1, 0.15) is 29.2 Å². The van der Waals surface area contributed by atoms with Crippen molar-refractivity contribution in [3.05, 3.63) is 65.2 Å². The first kappa shape index (κ1) is 14.6. The Bertz CT molecular complexity index is 554. The minimum Gasteiger partial charge on any atom is -0.496 e. The van der Waals surface area contributed by atoms with Crippen molar-refractivity contribution in [3.63, 3.8) is 0 Å². The number of benzene rings is 2. The van der Waals surface area contributed by atoms with Gasteiger partial charge in [0.1, 0.15) is 5.75 Å². The zero-order valence-electron chi connectivity index (χ0n) is 12.1. The van der Waals surface area contributed by atoms with Crippen molar-refractivity contribution in [2.24, 2.45) is 5.84 Å². The number of methoxy groups -OCH3 is 1. The molecule has 3 N–H and O–H groups in total. The lowest BCUT2D eigenvalue weighted by Crippen LogP contribution is -2.28. The predicted molar refractivity (Wildman–Crippen MR) is 82.6 cm³/mol. The minimum absolute atomic E-state index is 0.0895. The zero-order valence-corrected chi connectivity index (χ0v) is 12.1. The first-order valence-electron chi connectivity index (χ1n) is 6.89. The van der Waals surface area contributed by atoms with Crippen LogP contribution in [0.15, 0.2) is 48.5 Å². The average Bonchev–Trinajstić information content (AvgIpc) is 2.48. The highest BCUT2D eigenvalue weighted by molar-refractivity contribution is 5.36. The standard InChI is InChI=1S/C17H22N2O/c1-13-6-5-7-14(12-13)10-11-16(19-18)15-8-3-4-9-17(15)20-2/h3-9,12,16,19H,10-11,18H2,1-2H3. The first-order valence-corrected chi connectivity index (χ1v) is 6.89. The minimum atomic E-state index is 0.0895. The highest BCUT2D eigenvalue weighted by Gasteiger charge is 2.14. The topological polar surface area (TPSA) is 47.3 Å². The van der Waals surface area contributed by atoms with E-state index in [0.717, 1.165) is 24.2 Å². The number of hydrazine groups is 1. The Balaban J connectivity index is 2.09. The Hall–Kier alpha value is -1.84. The molecule has 0 spiro atoms. The molecule has 0 fully saturated rings. The molecule has 1 unspecified atom stereocenters. The molecule has 20 heavy (non-hydrogen) atoms. The van der Waals surface area contributed by atoms with E-state index in [1.54, 1.807) is 7.11 Å². The van der Waals surface area contributed by atoms with Crippen LogP contribution < -0.4 is 16.0 Å². The Kier molecular flexibility index (Phi) is 5.16. The Morgan fingerprint density at radius 1 is 1.15 bits per heavy atom. The fourth-order valence-corrected chi connectivity index (χ4v) is 2.46. The third kappa shape index (κ3) is 3.59. The van der Waals surface area contributed by atoms with Gasteiger partial charge in [0.25, 0.3) is 0 Å². The molecular weight excluding hydrogens is 248 g/mol. The van der Waals surface area contributed by atoms with Crippen molar-refractivity contribution in [1.29, 1.82) is 0 Å². The van der Waals surface area contributed by atoms with Gasteiger partial charge in [-0.15, -0.1) is 0 Å². The van der Waals surface area contributed by atoms with Crippen molar-refractivity contribution < 1.29 is 4.74 Å². The molecule has 0 amide bonds. The maximum Gasteiger partial charge on any atom is 0.123 e. The second kappa shape index (κ2) is 7.08. The van der Waals surface area contributed by atoms with Crippen molar-refractivity contribution in [3.8, 4) is 5.75 Å². The van der Waals surface area contributed by atoms with Crippen LogP contribution in [0.5, 0.6) is 5.75 Å². The molecule has 0 saturated carbocycles. The van der Waals surface area contributed by atoms with Gasteiger partial charge in [-0.05, 0) is 31.4 Å². The van der Waals surface area contributed by atoms with E-state index >= 15 is 0 Å². The van der Waals surface area contributed by atoms with Crippen LogP contribution in [0.4, 0.5) is 0 Å². The zero-order chi connectivity index (χ0) is 14.4. The van der Waals surface area contributed by atoms with Gasteiger partial charge in [-0.1, -0.05) is 48.0 Å². The summed E-state index contributed by atoms with van der Waals surface area (Å²) in [5.41, 5.74) is 6.62. The van der Waals surface area contributed by atoms with Gasteiger partial charge in [0, 0.05) is 11.6 Å². The van der Waals surface area contributed by atoms with Crippen molar-refractivity contribution in [1.82, 2.24) is 5.43 Å². The molecule has 0 aliphatic rings. The molecule has 3 nitrogen and oxygen atoms in total. The van der Waals surface area contributed by atoms with E-state index in [1.165, 1.54) is 11.1 Å². The smallest absolute Gasteiger partial charge is 0.123 e. The van der Waals surface area contributed by atoms with Crippen LogP contribution in [0, 0.1) is 6.92 Å². The molecule has 0 saturated heterocycles. The third-order valence-corrected chi connectivity index (χ3v) is 3.52. The van der Waals surface area contributed by atoms with E-state index in [0.29, 0.717) is 0 Å². The average molecular weight is 270 g/mol. The lowest BCUT2D eigenvalue weighted by molar-refractivity contribution is 0.396. The molecule has 2 aromatic carbocycles. The second-order valence-corrected chi connectivity index (χ2v) is 4.99. The summed E-state index contributed by atoms with van der Waals surface area (Å²) in [7, 11) is 1.69. The van der Waals surface area contributed by atoms with E-state index in [4.69, 9.17) is 10.6 Å². The SMILES string of the molecule is COc1ccccc1C(CCc1cccc(C)c1)NN. The second-order valence-electron chi connectivity index (χ2n) is 4.99. The molecule has 0 heterocycles. The van der Waals surface area contributed by atoms with Gasteiger partial charge in [-0.25, -0.2) is 0 Å². The highest BCUT2D eigenvalue weighted by atomic mass is 16.5. The molecule has 1 atom stereocenters. The van der Waals surface area contributed by atoms with E-state index in [-0.39, 0.29) is 6.04 Å². The van der Waals surface area contributed by atoms with Crippen LogP contribution in [0.25, 0.3) is 0 Å². The fraction of sp³-hybridized carbons (Fsp3) is 0.294. The number of hydrogen-bond donors (Lipinski definition) is 2. The van der Waals surface area contributed by atoms with Gasteiger partial charge < -0.3 is 4.74 Å². The number of nitrogens with two attached hydrogens (primary N) is 1. The number of nitrogens with one attached hydrogen (secondary N) is 1. The summed E-state index contributed by atoms with van der Waals surface area (Å²) in [5.74, 6) is 6.59. The lowest BCUT2D eigenvalue weighted by atomic mass is 9.98. The number of hydrogen-bond acceptors (Lipinski definition) is 3. The first-order chi connectivity index (χ1) is 9.74. The lowest BCUT2D eigenvalue weighted by Gasteiger charge is -2.19. The molecule has 106 valence electrons. The number of ether oxygens (including phenoxy) is 1. The molecule has 0 aliphatic carbocycles. The predicted octanol–water partition coefficient (Wildman–Crippen LogP) is 3.14. The van der Waals surface area contributed by atoms with Gasteiger partial charge in [-0.3, -0.25) is 11.3 Å². The molecule has 0 radical (unpaired) electrons. The maximum atomic E-state index is 5.72. The Morgan fingerprint density at radius 3 is 2.65 bits per heavy atom. The van der Waals surface area contributed by atoms with Crippen LogP contribution in [-0.4, -0.2) is 7.11 Å². The van der Waals surface area contributed by atoms with E-state index in [9.17, 15) is 0 Å². The van der Waals surface area contributed by atoms with Crippen LogP contribution >= 0.6 is 0 Å². The molecule has 2 rings (SSSR count). The monoisotopic (exact) mass is 270 g/mol. The summed E-state index contributed by atoms with van der Waals surface area (Å²) in [5, 5.41) is 0. The van der Waals surface area contributed by atoms with Crippen LogP contribution in [0.3, 0.4) is 0 Å². The largest absolute Gasteiger partial charge is 0.496 e. The summed E-state index contributed by atoms with van der Waals surface area (Å²) in [6.07, 6.45) is 1.91. The van der Waals surface area contributed by atoms with E-state index in [2.05, 4.69) is 42.7 Å². The normalized spacial score (nSPS) is 12.2. The van der Waals surface area contributed by atoms with Gasteiger partial charge >= 0.3 is 0 Å². The highest BCUT2D eigenvalue weighted by Crippen LogP contribution is 2.27. The van der Waals surface area contributed by atoms with Crippen molar-refractivity contribution in [2.75, 3.05) is 7.11 Å². The Morgan fingerprint density at radius 2 is 1.95 bits per heavy atom. The third-order valence-electron chi connectivity index (χ3n) is 3.52. The summed E-state index contributed by atoms with van der Waals surface area (Å²) in [4.78, 5) is 0. The van der Waals surface area contributed by atoms with Gasteiger partial charge in [0.2, 0.25) is 0 Å². The summed E-state index contributed by atoms with van der Waals surface area (Å²) < 4.78 is 5.40. The molecular formula is C17H22N2O. The summed E-state index contributed by atoms with van der Waals surface area (Å²) in [6.45, 7) is 2.11. The number of para-hydroxylation sites is 1. The van der Waals surface area contributed by atoms with Gasteiger partial charge in [-0.2, -0.15) is 0 Å². The molecule has 3 heteroatoms. The summed E-state index contributed by atoms with van der Waals surface area (Å²) in [6, 6.07) is 16.7. The van der Waals surface area contributed by atoms with Crippen molar-refractivity contribution >= 4 is 0 Å². The van der Waals surface area contributed by atoms with Gasteiger partial charge in [0.15, 0.2) is 0 Å². The Labute approximate surface area is 120 Å². The van der Waals surface area contributed by atoms with Gasteiger partial charge in [0.05, 0.1) is 7.11 Å². The van der Waals surface area contributed by atoms with Crippen LogP contribution in [-0.2, 0) is 6.42 Å². The maximum absolute atomic E-state index is 5.72. The van der Waals surface area contributed by atoms with E-state index in [1.807, 2.05) is 18.2 Å². The molecule has 0 aromatic heterocycles. The quantitative estimate of drug-likeness (QED) is 0.626. The number of aryl methyl sites for hydroxylation is 2. The number of rotatable bonds is 6. The molecule has 2 aromatic rings. The summed E-state index contributed by atoms with van der Waals surface area (Å²) >= 11 is 0.